The first-order valence-corrected chi connectivity index (χ1v) is 9.05. The van der Waals surface area contributed by atoms with Crippen LogP contribution in [0.25, 0.3) is 10.9 Å². The van der Waals surface area contributed by atoms with Gasteiger partial charge in [-0.25, -0.2) is 19.4 Å². The average molecular weight is 387 g/mol. The Bertz CT molecular complexity index is 939. The molecule has 2 aromatic rings. The Labute approximate surface area is 163 Å². The molecule has 0 saturated heterocycles. The van der Waals surface area contributed by atoms with E-state index in [-0.39, 0.29) is 23.7 Å². The molecule has 1 aromatic carbocycles. The van der Waals surface area contributed by atoms with E-state index in [1.54, 1.807) is 20.1 Å². The van der Waals surface area contributed by atoms with E-state index in [1.807, 2.05) is 19.9 Å². The van der Waals surface area contributed by atoms with E-state index in [2.05, 4.69) is 20.6 Å². The number of nitrogens with one attached hydrogen (secondary N) is 2. The SMILES string of the molecule is COCCNc1nc2c(C)c(F)ccc2cc1C(C)C1(C)N=C(N)NC(N)=N1. The van der Waals surface area contributed by atoms with Gasteiger partial charge in [-0.15, -0.1) is 0 Å². The van der Waals surface area contributed by atoms with Crippen molar-refractivity contribution in [2.45, 2.75) is 32.4 Å². The summed E-state index contributed by atoms with van der Waals surface area (Å²) in [5.41, 5.74) is 12.8. The summed E-state index contributed by atoms with van der Waals surface area (Å²) < 4.78 is 19.2. The fourth-order valence-electron chi connectivity index (χ4n) is 3.30. The van der Waals surface area contributed by atoms with Crippen molar-refractivity contribution < 1.29 is 9.13 Å². The number of hydrogen-bond acceptors (Lipinski definition) is 8. The molecule has 6 N–H and O–H groups in total. The van der Waals surface area contributed by atoms with Crippen LogP contribution in [-0.4, -0.2) is 42.8 Å². The number of aliphatic imine (C=N–C) groups is 2. The van der Waals surface area contributed by atoms with Gasteiger partial charge >= 0.3 is 0 Å². The van der Waals surface area contributed by atoms with E-state index in [0.29, 0.717) is 30.0 Å². The maximum absolute atomic E-state index is 14.0. The third kappa shape index (κ3) is 3.70. The molecule has 2 heterocycles. The second-order valence-electron chi connectivity index (χ2n) is 7.02. The average Bonchev–Trinajstić information content (AvgIpc) is 2.63. The van der Waals surface area contributed by atoms with Crippen LogP contribution in [0, 0.1) is 12.7 Å². The maximum Gasteiger partial charge on any atom is 0.197 e. The maximum atomic E-state index is 14.0. The number of anilines is 1. The van der Waals surface area contributed by atoms with Crippen LogP contribution in [-0.2, 0) is 4.74 Å². The zero-order valence-corrected chi connectivity index (χ0v) is 16.5. The Kier molecular flexibility index (Phi) is 5.37. The molecule has 1 aliphatic heterocycles. The highest BCUT2D eigenvalue weighted by atomic mass is 19.1. The van der Waals surface area contributed by atoms with E-state index in [4.69, 9.17) is 21.2 Å². The number of aromatic nitrogens is 1. The molecule has 150 valence electrons. The Morgan fingerprint density at radius 1 is 1.29 bits per heavy atom. The molecule has 1 aromatic heterocycles. The van der Waals surface area contributed by atoms with Gasteiger partial charge in [0.15, 0.2) is 17.6 Å². The highest BCUT2D eigenvalue weighted by Crippen LogP contribution is 2.38. The molecule has 0 bridgehead atoms. The van der Waals surface area contributed by atoms with Crippen LogP contribution in [0.3, 0.4) is 0 Å². The van der Waals surface area contributed by atoms with Crippen molar-refractivity contribution in [2.24, 2.45) is 21.5 Å². The molecule has 0 spiro atoms. The van der Waals surface area contributed by atoms with Crippen LogP contribution in [0.15, 0.2) is 28.2 Å². The first-order valence-electron chi connectivity index (χ1n) is 9.05. The van der Waals surface area contributed by atoms with Gasteiger partial charge in [-0.05, 0) is 32.0 Å². The minimum Gasteiger partial charge on any atom is -0.383 e. The molecule has 0 saturated carbocycles. The van der Waals surface area contributed by atoms with Gasteiger partial charge in [0.05, 0.1) is 12.1 Å². The van der Waals surface area contributed by atoms with Crippen LogP contribution in [0.1, 0.15) is 30.9 Å². The highest BCUT2D eigenvalue weighted by Gasteiger charge is 2.36. The Morgan fingerprint density at radius 3 is 2.61 bits per heavy atom. The van der Waals surface area contributed by atoms with Gasteiger partial charge in [0, 0.05) is 36.1 Å². The lowest BCUT2D eigenvalue weighted by Crippen LogP contribution is -2.50. The highest BCUT2D eigenvalue weighted by molar-refractivity contribution is 5.99. The number of fused-ring (bicyclic) bond motifs is 1. The number of halogens is 1. The van der Waals surface area contributed by atoms with E-state index >= 15 is 0 Å². The van der Waals surface area contributed by atoms with Gasteiger partial charge in [-0.2, -0.15) is 0 Å². The molecule has 3 rings (SSSR count). The number of guanidine groups is 2. The lowest BCUT2D eigenvalue weighted by molar-refractivity contribution is 0.210. The Balaban J connectivity index is 2.13. The van der Waals surface area contributed by atoms with Crippen molar-refractivity contribution in [2.75, 3.05) is 25.6 Å². The summed E-state index contributed by atoms with van der Waals surface area (Å²) in [4.78, 5) is 13.6. The molecule has 8 nitrogen and oxygen atoms in total. The predicted molar refractivity (Wildman–Crippen MR) is 110 cm³/mol. The Morgan fingerprint density at radius 2 is 1.96 bits per heavy atom. The molecule has 1 aliphatic rings. The topological polar surface area (TPSA) is 123 Å². The van der Waals surface area contributed by atoms with Crippen LogP contribution >= 0.6 is 0 Å². The largest absolute Gasteiger partial charge is 0.383 e. The number of nitrogens with two attached hydrogens (primary N) is 2. The smallest absolute Gasteiger partial charge is 0.197 e. The van der Waals surface area contributed by atoms with E-state index in [9.17, 15) is 4.39 Å². The van der Waals surface area contributed by atoms with Crippen molar-refractivity contribution in [1.29, 1.82) is 0 Å². The van der Waals surface area contributed by atoms with Crippen LogP contribution in [0.5, 0.6) is 0 Å². The van der Waals surface area contributed by atoms with Crippen molar-refractivity contribution in [3.05, 3.63) is 35.1 Å². The number of aryl methyl sites for hydroxylation is 1. The third-order valence-electron chi connectivity index (χ3n) is 5.04. The van der Waals surface area contributed by atoms with Gasteiger partial charge in [0.25, 0.3) is 0 Å². The monoisotopic (exact) mass is 387 g/mol. The van der Waals surface area contributed by atoms with Crippen molar-refractivity contribution in [3.63, 3.8) is 0 Å². The first-order chi connectivity index (χ1) is 13.2. The summed E-state index contributed by atoms with van der Waals surface area (Å²) in [7, 11) is 1.63. The van der Waals surface area contributed by atoms with Crippen molar-refractivity contribution in [1.82, 2.24) is 10.3 Å². The lowest BCUT2D eigenvalue weighted by Gasteiger charge is -2.33. The number of pyridine rings is 1. The van der Waals surface area contributed by atoms with Crippen molar-refractivity contribution in [3.8, 4) is 0 Å². The molecule has 28 heavy (non-hydrogen) atoms. The van der Waals surface area contributed by atoms with Gasteiger partial charge in [0.2, 0.25) is 0 Å². The number of ether oxygens (including phenoxy) is 1. The predicted octanol–water partition coefficient (Wildman–Crippen LogP) is 1.79. The summed E-state index contributed by atoms with van der Waals surface area (Å²) in [5.74, 6) is 0.556. The molecule has 0 aliphatic carbocycles. The standard InChI is InChI=1S/C19H26FN7O/c1-10-14(20)6-5-12-9-13(16(24-15(10)12)23-7-8-28-4)11(2)19(3)26-17(21)25-18(22)27-19/h5-6,9,11H,7-8H2,1-4H3,(H,23,24)(H5,21,22,25,26,27). The van der Waals surface area contributed by atoms with Crippen LogP contribution < -0.4 is 22.1 Å². The summed E-state index contributed by atoms with van der Waals surface area (Å²) in [6.07, 6.45) is 0. The first kappa shape index (κ1) is 19.8. The molecular weight excluding hydrogens is 361 g/mol. The fourth-order valence-corrected chi connectivity index (χ4v) is 3.30. The summed E-state index contributed by atoms with van der Waals surface area (Å²) in [6.45, 7) is 6.62. The second-order valence-corrected chi connectivity index (χ2v) is 7.02. The summed E-state index contributed by atoms with van der Waals surface area (Å²) in [5, 5.41) is 6.82. The zero-order valence-electron chi connectivity index (χ0n) is 16.5. The van der Waals surface area contributed by atoms with E-state index in [1.165, 1.54) is 6.07 Å². The quantitative estimate of drug-likeness (QED) is 0.561. The van der Waals surface area contributed by atoms with Gasteiger partial charge in [-0.3, -0.25) is 5.32 Å². The minimum atomic E-state index is -0.901. The molecule has 0 amide bonds. The summed E-state index contributed by atoms with van der Waals surface area (Å²) >= 11 is 0. The second kappa shape index (κ2) is 7.59. The van der Waals surface area contributed by atoms with Gasteiger partial charge < -0.3 is 21.5 Å². The molecule has 0 radical (unpaired) electrons. The zero-order chi connectivity index (χ0) is 20.5. The molecule has 0 fully saturated rings. The van der Waals surface area contributed by atoms with E-state index < -0.39 is 5.66 Å². The number of methoxy groups -OCH3 is 1. The molecule has 1 atom stereocenters. The summed E-state index contributed by atoms with van der Waals surface area (Å²) in [6, 6.07) is 5.16. The number of nitrogens with zero attached hydrogens (tertiary/aromatic N) is 3. The van der Waals surface area contributed by atoms with Gasteiger partial charge in [0.1, 0.15) is 11.6 Å². The minimum absolute atomic E-state index is 0.209. The third-order valence-corrected chi connectivity index (χ3v) is 5.04. The van der Waals surface area contributed by atoms with Crippen LogP contribution in [0.2, 0.25) is 0 Å². The van der Waals surface area contributed by atoms with Gasteiger partial charge in [-0.1, -0.05) is 6.92 Å². The molecule has 9 heteroatoms. The van der Waals surface area contributed by atoms with Crippen molar-refractivity contribution >= 4 is 28.6 Å². The van der Waals surface area contributed by atoms with Crippen LogP contribution in [0.4, 0.5) is 10.2 Å². The number of benzene rings is 1. The number of rotatable bonds is 6. The fraction of sp³-hybridized carbons (Fsp3) is 0.421. The van der Waals surface area contributed by atoms with E-state index in [0.717, 1.165) is 10.9 Å². The Hall–Kier alpha value is -2.94. The normalized spacial score (nSPS) is 16.9. The lowest BCUT2D eigenvalue weighted by atomic mass is 9.88. The molecular formula is C19H26FN7O. The molecule has 1 unspecified atom stereocenters. The number of hydrogen-bond donors (Lipinski definition) is 4.